The van der Waals surface area contributed by atoms with Crippen molar-refractivity contribution in [2.75, 3.05) is 21.1 Å². The highest BCUT2D eigenvalue weighted by atomic mass is 127. The number of benzene rings is 2. The van der Waals surface area contributed by atoms with Gasteiger partial charge in [0.2, 0.25) is 0 Å². The smallest absolute Gasteiger partial charge is 0.0494 e. The summed E-state index contributed by atoms with van der Waals surface area (Å²) in [7, 11) is 0. The first-order chi connectivity index (χ1) is 15.7. The SMILES string of the molecule is CCN1I=C(/C=C(C)/C=C/C=C2/N(CC)c3ccccc3C2(C)C)C(C)(C)c2ccccc21. The first kappa shape index (κ1) is 24.0. The van der Waals surface area contributed by atoms with Gasteiger partial charge >= 0.3 is 0 Å². The first-order valence-corrected chi connectivity index (χ1v) is 14.1. The van der Waals surface area contributed by atoms with Crippen molar-refractivity contribution in [1.29, 1.82) is 0 Å². The molecule has 0 fully saturated rings. The van der Waals surface area contributed by atoms with Crippen LogP contribution in [0.1, 0.15) is 59.6 Å². The second-order valence-electron chi connectivity index (χ2n) is 9.94. The maximum atomic E-state index is 2.60. The summed E-state index contributed by atoms with van der Waals surface area (Å²) < 4.78 is 4.18. The van der Waals surface area contributed by atoms with Gasteiger partial charge in [-0.1, -0.05) is 81.8 Å². The van der Waals surface area contributed by atoms with Gasteiger partial charge in [-0.15, -0.1) is 0 Å². The van der Waals surface area contributed by atoms with Gasteiger partial charge in [0.1, 0.15) is 0 Å². The van der Waals surface area contributed by atoms with E-state index in [2.05, 4.69) is 129 Å². The van der Waals surface area contributed by atoms with Gasteiger partial charge in [-0.25, -0.2) is 0 Å². The van der Waals surface area contributed by atoms with Crippen molar-refractivity contribution in [2.24, 2.45) is 0 Å². The molecule has 2 aliphatic heterocycles. The molecule has 3 heteroatoms. The highest BCUT2D eigenvalue weighted by molar-refractivity contribution is 14.2. The zero-order valence-corrected chi connectivity index (χ0v) is 23.3. The van der Waals surface area contributed by atoms with Crippen molar-refractivity contribution in [3.63, 3.8) is 0 Å². The summed E-state index contributed by atoms with van der Waals surface area (Å²) >= 11 is -0.196. The van der Waals surface area contributed by atoms with Gasteiger partial charge in [0.15, 0.2) is 0 Å². The van der Waals surface area contributed by atoms with E-state index >= 15 is 0 Å². The largest absolute Gasteiger partial charge is 0.344 e. The molecule has 0 radical (unpaired) electrons. The fraction of sp³-hybridized carbons (Fsp3) is 0.367. The third kappa shape index (κ3) is 4.25. The molecule has 174 valence electrons. The number of para-hydroxylation sites is 2. The van der Waals surface area contributed by atoms with Gasteiger partial charge in [0, 0.05) is 65.5 Å². The lowest BCUT2D eigenvalue weighted by molar-refractivity contribution is 0.634. The van der Waals surface area contributed by atoms with Crippen molar-refractivity contribution in [1.82, 2.24) is 0 Å². The van der Waals surface area contributed by atoms with Crippen LogP contribution in [0, 0.1) is 0 Å². The molecule has 4 rings (SSSR count). The van der Waals surface area contributed by atoms with E-state index in [9.17, 15) is 0 Å². The second-order valence-corrected chi connectivity index (χ2v) is 12.7. The van der Waals surface area contributed by atoms with E-state index in [4.69, 9.17) is 0 Å². The third-order valence-electron chi connectivity index (χ3n) is 6.99. The van der Waals surface area contributed by atoms with Crippen LogP contribution >= 0.6 is 21.0 Å². The molecule has 0 saturated heterocycles. The highest BCUT2D eigenvalue weighted by Crippen LogP contribution is 2.47. The summed E-state index contributed by atoms with van der Waals surface area (Å²) in [6.45, 7) is 18.3. The van der Waals surface area contributed by atoms with Gasteiger partial charge in [-0.2, -0.15) is 0 Å². The molecule has 2 aromatic rings. The molecule has 2 nitrogen and oxygen atoms in total. The minimum absolute atomic E-state index is 0.0193. The van der Waals surface area contributed by atoms with Crippen LogP contribution in [0.25, 0.3) is 0 Å². The Kier molecular flexibility index (Phi) is 6.73. The van der Waals surface area contributed by atoms with E-state index in [1.165, 1.54) is 33.8 Å². The molecule has 2 aromatic carbocycles. The summed E-state index contributed by atoms with van der Waals surface area (Å²) in [5.74, 6) is 0. The second kappa shape index (κ2) is 9.25. The minimum Gasteiger partial charge on any atom is -0.344 e. The van der Waals surface area contributed by atoms with E-state index in [0.29, 0.717) is 0 Å². The molecule has 0 atom stereocenters. The Hall–Kier alpha value is -2.14. The maximum absolute atomic E-state index is 2.60. The number of likely N-dealkylation sites (N-methyl/N-ethyl adjacent to an activating group) is 1. The number of fused-ring (bicyclic) bond motifs is 2. The molecule has 0 bridgehead atoms. The molecule has 33 heavy (non-hydrogen) atoms. The van der Waals surface area contributed by atoms with Crippen LogP contribution in [-0.2, 0) is 10.8 Å². The Morgan fingerprint density at radius 2 is 1.45 bits per heavy atom. The summed E-state index contributed by atoms with van der Waals surface area (Å²) in [4.78, 5) is 2.46. The van der Waals surface area contributed by atoms with Crippen molar-refractivity contribution >= 4 is 35.9 Å². The average Bonchev–Trinajstić information content (AvgIpc) is 3.02. The quantitative estimate of drug-likeness (QED) is 0.210. The lowest BCUT2D eigenvalue weighted by Crippen LogP contribution is -2.33. The monoisotopic (exact) mass is 552 g/mol. The van der Waals surface area contributed by atoms with Crippen LogP contribution in [0.2, 0.25) is 0 Å². The van der Waals surface area contributed by atoms with E-state index in [-0.39, 0.29) is 31.8 Å². The minimum atomic E-state index is -0.196. The van der Waals surface area contributed by atoms with Crippen molar-refractivity contribution in [2.45, 2.75) is 59.3 Å². The predicted octanol–water partition coefficient (Wildman–Crippen LogP) is 8.07. The molecular weight excluding hydrogens is 515 g/mol. The Bertz CT molecular complexity index is 1160. The maximum Gasteiger partial charge on any atom is 0.0494 e. The van der Waals surface area contributed by atoms with Crippen LogP contribution in [0.5, 0.6) is 0 Å². The molecule has 0 N–H and O–H groups in total. The molecule has 0 saturated carbocycles. The lowest BCUT2D eigenvalue weighted by atomic mass is 9.80. The van der Waals surface area contributed by atoms with Crippen LogP contribution in [0.15, 0.2) is 84.1 Å². The summed E-state index contributed by atoms with van der Waals surface area (Å²) in [5.41, 5.74) is 8.44. The molecule has 2 heterocycles. The van der Waals surface area contributed by atoms with Crippen molar-refractivity contribution < 1.29 is 0 Å². The molecule has 0 unspecified atom stereocenters. The van der Waals surface area contributed by atoms with Gasteiger partial charge in [0.25, 0.3) is 0 Å². The van der Waals surface area contributed by atoms with E-state index in [1.54, 1.807) is 3.51 Å². The van der Waals surface area contributed by atoms with E-state index in [1.807, 2.05) is 0 Å². The molecule has 0 aromatic heterocycles. The standard InChI is InChI=1S/C30H37IN2/c1-8-32-25-18-12-10-16-23(25)30(6,7)28(32)20-14-15-22(3)21-27-29(4,5)24-17-11-13-19-26(24)33(9-2)31-27/h10-21H,8-9H2,1-7H3/b15-14+,22-21+,28-20+. The normalized spacial score (nSPS) is 20.5. The first-order valence-electron chi connectivity index (χ1n) is 12.1. The zero-order valence-electron chi connectivity index (χ0n) is 21.1. The van der Waals surface area contributed by atoms with Gasteiger partial charge < -0.3 is 8.01 Å². The van der Waals surface area contributed by atoms with Crippen LogP contribution in [0.3, 0.4) is 0 Å². The van der Waals surface area contributed by atoms with Crippen LogP contribution in [-0.4, -0.2) is 16.6 Å². The molecule has 0 aliphatic carbocycles. The Balaban J connectivity index is 1.63. The highest BCUT2D eigenvalue weighted by Gasteiger charge is 2.38. The fourth-order valence-electron chi connectivity index (χ4n) is 5.06. The Morgan fingerprint density at radius 1 is 0.848 bits per heavy atom. The third-order valence-corrected chi connectivity index (χ3v) is 11.0. The van der Waals surface area contributed by atoms with Crippen molar-refractivity contribution in [3.8, 4) is 0 Å². The fourth-order valence-corrected chi connectivity index (χ4v) is 8.23. The van der Waals surface area contributed by atoms with Gasteiger partial charge in [-0.05, 0) is 56.2 Å². The number of nitrogens with zero attached hydrogens (tertiary/aromatic N) is 2. The van der Waals surface area contributed by atoms with E-state index in [0.717, 1.165) is 13.1 Å². The Labute approximate surface area is 210 Å². The number of halogens is 1. The number of hydrogen-bond acceptors (Lipinski definition) is 2. The zero-order chi connectivity index (χ0) is 23.8. The van der Waals surface area contributed by atoms with Crippen LogP contribution in [0.4, 0.5) is 11.4 Å². The van der Waals surface area contributed by atoms with Crippen molar-refractivity contribution in [3.05, 3.63) is 95.2 Å². The number of allylic oxidation sites excluding steroid dienone is 6. The molecule has 2 aliphatic rings. The molecule has 0 spiro atoms. The van der Waals surface area contributed by atoms with Gasteiger partial charge in [0.05, 0.1) is 0 Å². The summed E-state index contributed by atoms with van der Waals surface area (Å²) in [6, 6.07) is 17.8. The lowest BCUT2D eigenvalue weighted by Gasteiger charge is -2.37. The molecular formula is C30H37IN2. The topological polar surface area (TPSA) is 6.48 Å². The number of anilines is 2. The number of rotatable bonds is 5. The number of hydrogen-bond donors (Lipinski definition) is 0. The average molecular weight is 553 g/mol. The van der Waals surface area contributed by atoms with Crippen LogP contribution < -0.4 is 8.01 Å². The van der Waals surface area contributed by atoms with Gasteiger partial charge in [-0.3, -0.25) is 0 Å². The predicted molar refractivity (Wildman–Crippen MR) is 155 cm³/mol. The summed E-state index contributed by atoms with van der Waals surface area (Å²) in [5, 5.41) is 0. The summed E-state index contributed by atoms with van der Waals surface area (Å²) in [6.07, 6.45) is 9.30. The van der Waals surface area contributed by atoms with E-state index < -0.39 is 0 Å². The molecule has 0 amide bonds. The Morgan fingerprint density at radius 3 is 2.09 bits per heavy atom.